The van der Waals surface area contributed by atoms with Crippen LogP contribution in [0.2, 0.25) is 0 Å². The first-order valence-electron chi connectivity index (χ1n) is 14.5. The van der Waals surface area contributed by atoms with Gasteiger partial charge in [0, 0.05) is 0 Å². The predicted octanol–water partition coefficient (Wildman–Crippen LogP) is 8.85. The number of unbranched alkanes of at least 4 members (excludes halogenated alkanes) is 14. The highest BCUT2D eigenvalue weighted by atomic mass is 16.5. The lowest BCUT2D eigenvalue weighted by Crippen LogP contribution is -2.35. The van der Waals surface area contributed by atoms with Crippen molar-refractivity contribution in [3.63, 3.8) is 0 Å². The number of carboxylic acid groups (broad SMARTS) is 1. The van der Waals surface area contributed by atoms with E-state index in [4.69, 9.17) is 4.74 Å². The maximum Gasteiger partial charge on any atom is 0.310 e. The van der Waals surface area contributed by atoms with Crippen molar-refractivity contribution >= 4 is 11.9 Å². The normalized spacial score (nSPS) is 19.3. The lowest BCUT2D eigenvalue weighted by atomic mass is 9.79. The van der Waals surface area contributed by atoms with Crippen molar-refractivity contribution in [1.29, 1.82) is 0 Å². The van der Waals surface area contributed by atoms with Crippen LogP contribution in [-0.4, -0.2) is 23.1 Å². The molecule has 1 aliphatic carbocycles. The predicted molar refractivity (Wildman–Crippen MR) is 137 cm³/mol. The van der Waals surface area contributed by atoms with Gasteiger partial charge < -0.3 is 9.84 Å². The molecule has 0 radical (unpaired) electrons. The minimum atomic E-state index is -0.834. The van der Waals surface area contributed by atoms with Crippen LogP contribution in [0.25, 0.3) is 0 Å². The first-order chi connectivity index (χ1) is 16.1. The molecule has 33 heavy (non-hydrogen) atoms. The third-order valence-corrected chi connectivity index (χ3v) is 7.43. The summed E-state index contributed by atoms with van der Waals surface area (Å²) in [4.78, 5) is 24.5. The van der Waals surface area contributed by atoms with Crippen LogP contribution in [0.15, 0.2) is 0 Å². The van der Waals surface area contributed by atoms with E-state index in [1.54, 1.807) is 0 Å². The zero-order chi connectivity index (χ0) is 24.2. The molecule has 1 rings (SSSR count). The Labute approximate surface area is 204 Å². The Bertz CT molecular complexity index is 490. The van der Waals surface area contributed by atoms with Gasteiger partial charge in [0.2, 0.25) is 0 Å². The highest BCUT2D eigenvalue weighted by Crippen LogP contribution is 2.32. The molecule has 0 amide bonds. The van der Waals surface area contributed by atoms with Gasteiger partial charge >= 0.3 is 11.9 Å². The van der Waals surface area contributed by atoms with E-state index in [9.17, 15) is 14.7 Å². The van der Waals surface area contributed by atoms with E-state index < -0.39 is 17.8 Å². The Balaban J connectivity index is 2.39. The first kappa shape index (κ1) is 30.0. The number of ether oxygens (including phenoxy) is 1. The number of carbonyl (C=O) groups excluding carboxylic acids is 1. The number of hydrogen-bond acceptors (Lipinski definition) is 3. The molecular formula is C29H54O4. The molecule has 0 bridgehead atoms. The molecule has 1 aliphatic rings. The standard InChI is InChI=1S/C29H54O4/c1-3-5-7-9-11-12-14-16-18-22-25(21-17-15-13-10-8-6-4-2)33-29(32)27-24-20-19-23-26(27)28(30)31/h25-27H,3-24H2,1-2H3,(H,30,31). The molecule has 194 valence electrons. The van der Waals surface area contributed by atoms with Crippen LogP contribution in [0.4, 0.5) is 0 Å². The average Bonchev–Trinajstić information content (AvgIpc) is 2.82. The molecule has 1 saturated carbocycles. The van der Waals surface area contributed by atoms with Crippen LogP contribution in [0.5, 0.6) is 0 Å². The summed E-state index contributed by atoms with van der Waals surface area (Å²) >= 11 is 0. The van der Waals surface area contributed by atoms with E-state index in [0.717, 1.165) is 38.5 Å². The summed E-state index contributed by atoms with van der Waals surface area (Å²) < 4.78 is 5.99. The summed E-state index contributed by atoms with van der Waals surface area (Å²) in [5.74, 6) is -2.08. The number of hydrogen-bond donors (Lipinski definition) is 1. The fourth-order valence-electron chi connectivity index (χ4n) is 5.23. The van der Waals surface area contributed by atoms with Crippen molar-refractivity contribution in [1.82, 2.24) is 0 Å². The van der Waals surface area contributed by atoms with Gasteiger partial charge in [-0.3, -0.25) is 9.59 Å². The second-order valence-electron chi connectivity index (χ2n) is 10.4. The third-order valence-electron chi connectivity index (χ3n) is 7.43. The van der Waals surface area contributed by atoms with Crippen LogP contribution in [0, 0.1) is 11.8 Å². The number of aliphatic carboxylic acids is 1. The number of rotatable bonds is 21. The molecule has 4 heteroatoms. The highest BCUT2D eigenvalue weighted by molar-refractivity contribution is 5.81. The Hall–Kier alpha value is -1.06. The van der Waals surface area contributed by atoms with Gasteiger partial charge in [-0.2, -0.15) is 0 Å². The smallest absolute Gasteiger partial charge is 0.310 e. The van der Waals surface area contributed by atoms with Crippen molar-refractivity contribution in [3.8, 4) is 0 Å². The molecule has 1 fully saturated rings. The van der Waals surface area contributed by atoms with E-state index in [1.807, 2.05) is 0 Å². The quantitative estimate of drug-likeness (QED) is 0.135. The molecule has 3 unspecified atom stereocenters. The molecule has 0 spiro atoms. The van der Waals surface area contributed by atoms with Gasteiger partial charge in [-0.1, -0.05) is 117 Å². The van der Waals surface area contributed by atoms with E-state index in [2.05, 4.69) is 13.8 Å². The molecule has 0 aromatic rings. The fraction of sp³-hybridized carbons (Fsp3) is 0.931. The molecule has 1 N–H and O–H groups in total. The van der Waals surface area contributed by atoms with Gasteiger partial charge in [0.05, 0.1) is 11.8 Å². The molecule has 0 aliphatic heterocycles. The summed E-state index contributed by atoms with van der Waals surface area (Å²) in [5, 5.41) is 9.54. The van der Waals surface area contributed by atoms with Gasteiger partial charge in [0.25, 0.3) is 0 Å². The third kappa shape index (κ3) is 14.7. The largest absolute Gasteiger partial charge is 0.481 e. The lowest BCUT2D eigenvalue weighted by Gasteiger charge is -2.29. The molecule has 3 atom stereocenters. The zero-order valence-corrected chi connectivity index (χ0v) is 22.0. The Kier molecular flexibility index (Phi) is 18.5. The van der Waals surface area contributed by atoms with Crippen LogP contribution in [0.3, 0.4) is 0 Å². The van der Waals surface area contributed by atoms with Crippen molar-refractivity contribution in [2.45, 2.75) is 161 Å². The first-order valence-corrected chi connectivity index (χ1v) is 14.5. The van der Waals surface area contributed by atoms with Crippen LogP contribution >= 0.6 is 0 Å². The Morgan fingerprint density at radius 3 is 1.48 bits per heavy atom. The van der Waals surface area contributed by atoms with Crippen molar-refractivity contribution < 1.29 is 19.4 Å². The van der Waals surface area contributed by atoms with E-state index >= 15 is 0 Å². The number of carboxylic acids is 1. The molecule has 0 aromatic heterocycles. The average molecular weight is 467 g/mol. The monoisotopic (exact) mass is 466 g/mol. The van der Waals surface area contributed by atoms with Gasteiger partial charge in [-0.25, -0.2) is 0 Å². The molecule has 0 saturated heterocycles. The van der Waals surface area contributed by atoms with Gasteiger partial charge in [-0.15, -0.1) is 0 Å². The van der Waals surface area contributed by atoms with E-state index in [-0.39, 0.29) is 12.1 Å². The number of carbonyl (C=O) groups is 2. The highest BCUT2D eigenvalue weighted by Gasteiger charge is 2.37. The zero-order valence-electron chi connectivity index (χ0n) is 22.0. The molecule has 4 nitrogen and oxygen atoms in total. The van der Waals surface area contributed by atoms with Crippen molar-refractivity contribution in [3.05, 3.63) is 0 Å². The topological polar surface area (TPSA) is 63.6 Å². The number of esters is 1. The molecular weight excluding hydrogens is 412 g/mol. The van der Waals surface area contributed by atoms with Gasteiger partial charge in [0.15, 0.2) is 0 Å². The van der Waals surface area contributed by atoms with Crippen molar-refractivity contribution in [2.75, 3.05) is 0 Å². The van der Waals surface area contributed by atoms with E-state index in [1.165, 1.54) is 89.9 Å². The van der Waals surface area contributed by atoms with Crippen LogP contribution in [-0.2, 0) is 14.3 Å². The lowest BCUT2D eigenvalue weighted by molar-refractivity contribution is -0.164. The Morgan fingerprint density at radius 1 is 0.667 bits per heavy atom. The molecule has 0 heterocycles. The minimum absolute atomic E-state index is 0.0333. The Morgan fingerprint density at radius 2 is 1.06 bits per heavy atom. The van der Waals surface area contributed by atoms with Gasteiger partial charge in [0.1, 0.15) is 6.10 Å². The summed E-state index contributed by atoms with van der Waals surface area (Å²) in [6.45, 7) is 4.50. The van der Waals surface area contributed by atoms with Crippen LogP contribution in [0.1, 0.15) is 155 Å². The van der Waals surface area contributed by atoms with Crippen molar-refractivity contribution in [2.24, 2.45) is 11.8 Å². The summed E-state index contributed by atoms with van der Waals surface area (Å²) in [7, 11) is 0. The van der Waals surface area contributed by atoms with Gasteiger partial charge in [-0.05, 0) is 38.5 Å². The molecule has 0 aromatic carbocycles. The minimum Gasteiger partial charge on any atom is -0.481 e. The fourth-order valence-corrected chi connectivity index (χ4v) is 5.23. The summed E-state index contributed by atoms with van der Waals surface area (Å²) in [5.41, 5.74) is 0. The second-order valence-corrected chi connectivity index (χ2v) is 10.4. The van der Waals surface area contributed by atoms with E-state index in [0.29, 0.717) is 12.8 Å². The maximum absolute atomic E-state index is 12.9. The summed E-state index contributed by atoms with van der Waals surface area (Å²) in [6.07, 6.45) is 25.4. The SMILES string of the molecule is CCCCCCCCCCCC(CCCCCCCCC)OC(=O)C1CCCCC1C(=O)O. The maximum atomic E-state index is 12.9. The summed E-state index contributed by atoms with van der Waals surface area (Å²) in [6, 6.07) is 0. The van der Waals surface area contributed by atoms with Crippen LogP contribution < -0.4 is 0 Å². The second kappa shape index (κ2) is 20.3.